The number of imide groups is 1. The highest BCUT2D eigenvalue weighted by molar-refractivity contribution is 6.58. The number of aliphatic hydroxyl groups excluding tert-OH is 1. The molecule has 1 fully saturated rings. The zero-order valence-electron chi connectivity index (χ0n) is 12.1. The van der Waals surface area contributed by atoms with Gasteiger partial charge in [0.05, 0.1) is 6.54 Å². The average molecular weight is 307 g/mol. The van der Waals surface area contributed by atoms with E-state index in [4.69, 9.17) is 0 Å². The monoisotopic (exact) mass is 307 g/mol. The van der Waals surface area contributed by atoms with Gasteiger partial charge in [-0.15, -0.1) is 0 Å². The summed E-state index contributed by atoms with van der Waals surface area (Å²) in [6, 6.07) is 17.1. The lowest BCUT2D eigenvalue weighted by Crippen LogP contribution is -2.30. The minimum atomic E-state index is -0.979. The number of aliphatic hydroxyl groups is 1. The van der Waals surface area contributed by atoms with E-state index in [1.54, 1.807) is 54.6 Å². The molecule has 3 rings (SSSR count). The van der Waals surface area contributed by atoms with Gasteiger partial charge in [0.1, 0.15) is 11.3 Å². The third-order valence-electron chi connectivity index (χ3n) is 3.59. The Kier molecular flexibility index (Phi) is 3.76. The predicted molar refractivity (Wildman–Crippen MR) is 83.0 cm³/mol. The summed E-state index contributed by atoms with van der Waals surface area (Å²) in [5, 5.41) is 10.2. The van der Waals surface area contributed by atoms with Gasteiger partial charge in [-0.25, -0.2) is 0 Å². The number of ketones is 1. The number of carbonyl (C=O) groups excluding carboxylic acids is 3. The molecule has 1 heterocycles. The molecule has 2 amide bonds. The lowest BCUT2D eigenvalue weighted by Gasteiger charge is -2.12. The highest BCUT2D eigenvalue weighted by atomic mass is 16.3. The summed E-state index contributed by atoms with van der Waals surface area (Å²) in [4.78, 5) is 37.4. The topological polar surface area (TPSA) is 74.7 Å². The van der Waals surface area contributed by atoms with Crippen molar-refractivity contribution >= 4 is 23.4 Å². The van der Waals surface area contributed by atoms with Crippen molar-refractivity contribution in [2.24, 2.45) is 0 Å². The fraction of sp³-hybridized carbons (Fsp3) is 0.0556. The first-order valence-corrected chi connectivity index (χ1v) is 7.02. The van der Waals surface area contributed by atoms with Gasteiger partial charge >= 0.3 is 5.91 Å². The smallest absolute Gasteiger partial charge is 0.302 e. The van der Waals surface area contributed by atoms with Crippen molar-refractivity contribution in [1.29, 1.82) is 0 Å². The fourth-order valence-electron chi connectivity index (χ4n) is 2.41. The summed E-state index contributed by atoms with van der Waals surface area (Å²) in [6.07, 6.45) is 0. The zero-order valence-corrected chi connectivity index (χ0v) is 12.1. The van der Waals surface area contributed by atoms with Gasteiger partial charge in [-0.05, 0) is 5.56 Å². The van der Waals surface area contributed by atoms with Crippen LogP contribution >= 0.6 is 0 Å². The van der Waals surface area contributed by atoms with Gasteiger partial charge in [0.2, 0.25) is 0 Å². The van der Waals surface area contributed by atoms with Crippen molar-refractivity contribution in [3.05, 3.63) is 77.4 Å². The third kappa shape index (κ3) is 2.64. The molecule has 1 N–H and O–H groups in total. The Labute approximate surface area is 132 Å². The maximum absolute atomic E-state index is 12.4. The third-order valence-corrected chi connectivity index (χ3v) is 3.59. The van der Waals surface area contributed by atoms with E-state index in [1.807, 2.05) is 6.07 Å². The Bertz CT molecular complexity index is 809. The Morgan fingerprint density at radius 1 is 0.826 bits per heavy atom. The largest absolute Gasteiger partial charge is 0.506 e. The number of benzene rings is 2. The molecule has 1 aliphatic heterocycles. The van der Waals surface area contributed by atoms with Gasteiger partial charge in [0.25, 0.3) is 11.7 Å². The van der Waals surface area contributed by atoms with Gasteiger partial charge in [0.15, 0.2) is 0 Å². The summed E-state index contributed by atoms with van der Waals surface area (Å²) in [5.74, 6) is -3.14. The maximum Gasteiger partial charge on any atom is 0.302 e. The second-order valence-electron chi connectivity index (χ2n) is 5.10. The Hall–Kier alpha value is -3.21. The van der Waals surface area contributed by atoms with Crippen LogP contribution in [0, 0.1) is 0 Å². The number of hydrogen-bond acceptors (Lipinski definition) is 4. The highest BCUT2D eigenvalue weighted by Gasteiger charge is 2.44. The van der Waals surface area contributed by atoms with Gasteiger partial charge in [-0.3, -0.25) is 19.3 Å². The van der Waals surface area contributed by atoms with Gasteiger partial charge in [0, 0.05) is 5.56 Å². The van der Waals surface area contributed by atoms with E-state index in [-0.39, 0.29) is 6.54 Å². The van der Waals surface area contributed by atoms with Crippen LogP contribution in [0.25, 0.3) is 5.76 Å². The lowest BCUT2D eigenvalue weighted by molar-refractivity contribution is -0.143. The quantitative estimate of drug-likeness (QED) is 0.310. The van der Waals surface area contributed by atoms with Crippen LogP contribution in [0.15, 0.2) is 66.2 Å². The molecule has 5 nitrogen and oxygen atoms in total. The molecular weight excluding hydrogens is 294 g/mol. The Balaban J connectivity index is 1.97. The zero-order chi connectivity index (χ0) is 16.4. The van der Waals surface area contributed by atoms with E-state index >= 15 is 0 Å². The van der Waals surface area contributed by atoms with Crippen molar-refractivity contribution < 1.29 is 19.5 Å². The van der Waals surface area contributed by atoms with E-state index in [0.29, 0.717) is 5.56 Å². The number of likely N-dealkylation sites (tertiary alicyclic amines) is 1. The van der Waals surface area contributed by atoms with Crippen LogP contribution in [0.1, 0.15) is 11.1 Å². The number of nitrogens with zero attached hydrogens (tertiary/aromatic N) is 1. The maximum atomic E-state index is 12.4. The van der Waals surface area contributed by atoms with Gasteiger partial charge in [-0.2, -0.15) is 0 Å². The molecule has 0 unspecified atom stereocenters. The first-order chi connectivity index (χ1) is 11.1. The summed E-state index contributed by atoms with van der Waals surface area (Å²) in [7, 11) is 0. The van der Waals surface area contributed by atoms with Crippen LogP contribution in [0.2, 0.25) is 0 Å². The van der Waals surface area contributed by atoms with Crippen LogP contribution in [-0.2, 0) is 20.9 Å². The molecule has 5 heteroatoms. The molecule has 1 saturated heterocycles. The fourth-order valence-corrected chi connectivity index (χ4v) is 2.41. The molecule has 0 spiro atoms. The minimum Gasteiger partial charge on any atom is -0.506 e. The van der Waals surface area contributed by atoms with E-state index in [9.17, 15) is 19.5 Å². The van der Waals surface area contributed by atoms with Crippen LogP contribution in [0.4, 0.5) is 0 Å². The SMILES string of the molecule is O=C1C(=O)N(Cc2ccccc2)C(=O)/C1=C(\O)c1ccccc1. The van der Waals surface area contributed by atoms with E-state index in [0.717, 1.165) is 10.5 Å². The molecule has 2 aromatic carbocycles. The lowest BCUT2D eigenvalue weighted by atomic mass is 10.1. The average Bonchev–Trinajstić information content (AvgIpc) is 2.80. The summed E-state index contributed by atoms with van der Waals surface area (Å²) < 4.78 is 0. The molecular formula is C18H13NO4. The van der Waals surface area contributed by atoms with Crippen molar-refractivity contribution in [3.8, 4) is 0 Å². The number of rotatable bonds is 3. The van der Waals surface area contributed by atoms with Gasteiger partial charge < -0.3 is 5.11 Å². The molecule has 1 aliphatic rings. The van der Waals surface area contributed by atoms with Crippen molar-refractivity contribution in [1.82, 2.24) is 4.90 Å². The minimum absolute atomic E-state index is 0.00415. The molecule has 0 saturated carbocycles. The standard InChI is InChI=1S/C18H13NO4/c20-15(13-9-5-2-6-10-13)14-16(21)18(23)19(17(14)22)11-12-7-3-1-4-8-12/h1-10,20H,11H2/b15-14-. The van der Waals surface area contributed by atoms with Crippen LogP contribution < -0.4 is 0 Å². The number of carbonyl (C=O) groups is 3. The molecule has 2 aromatic rings. The summed E-state index contributed by atoms with van der Waals surface area (Å²) in [5.41, 5.74) is 0.568. The molecule has 0 bridgehead atoms. The second kappa shape index (κ2) is 5.88. The Morgan fingerprint density at radius 2 is 1.39 bits per heavy atom. The van der Waals surface area contributed by atoms with E-state index in [1.165, 1.54) is 0 Å². The van der Waals surface area contributed by atoms with E-state index in [2.05, 4.69) is 0 Å². The van der Waals surface area contributed by atoms with Crippen LogP contribution in [-0.4, -0.2) is 27.6 Å². The number of amides is 2. The normalized spacial score (nSPS) is 16.9. The molecule has 114 valence electrons. The molecule has 0 aliphatic carbocycles. The van der Waals surface area contributed by atoms with Gasteiger partial charge in [-0.1, -0.05) is 60.7 Å². The predicted octanol–water partition coefficient (Wildman–Crippen LogP) is 2.09. The highest BCUT2D eigenvalue weighted by Crippen LogP contribution is 2.25. The van der Waals surface area contributed by atoms with Crippen molar-refractivity contribution in [2.45, 2.75) is 6.54 Å². The summed E-state index contributed by atoms with van der Waals surface area (Å²) in [6.45, 7) is -0.00415. The Morgan fingerprint density at radius 3 is 2.00 bits per heavy atom. The van der Waals surface area contributed by atoms with Crippen molar-refractivity contribution in [3.63, 3.8) is 0 Å². The first-order valence-electron chi connectivity index (χ1n) is 7.02. The van der Waals surface area contributed by atoms with Crippen LogP contribution in [0.3, 0.4) is 0 Å². The number of hydrogen-bond donors (Lipinski definition) is 1. The van der Waals surface area contributed by atoms with E-state index < -0.39 is 28.9 Å². The molecule has 23 heavy (non-hydrogen) atoms. The molecule has 0 radical (unpaired) electrons. The van der Waals surface area contributed by atoms with Crippen molar-refractivity contribution in [2.75, 3.05) is 0 Å². The summed E-state index contributed by atoms with van der Waals surface area (Å²) >= 11 is 0. The second-order valence-corrected chi connectivity index (χ2v) is 5.10. The molecule has 0 aromatic heterocycles. The first kappa shape index (κ1) is 14.7. The van der Waals surface area contributed by atoms with Crippen LogP contribution in [0.5, 0.6) is 0 Å². The molecule has 0 atom stereocenters. The number of Topliss-reactive ketones (excluding diaryl/α,β-unsaturated/α-hetero) is 1.